The molecule has 1 aliphatic rings. The number of carbonyl (C=O) groups excluding carboxylic acids is 1. The van der Waals surface area contributed by atoms with Crippen LogP contribution in [0.4, 0.5) is 0 Å². The van der Waals surface area contributed by atoms with Crippen molar-refractivity contribution in [3.05, 3.63) is 5.70 Å². The predicted molar refractivity (Wildman–Crippen MR) is 41.3 cm³/mol. The molecule has 0 aromatic rings. The summed E-state index contributed by atoms with van der Waals surface area (Å²) in [5, 5.41) is 14.9. The van der Waals surface area contributed by atoms with Gasteiger partial charge in [-0.2, -0.15) is 0 Å². The number of hydrogen-bond donors (Lipinski definition) is 2. The van der Waals surface area contributed by atoms with Gasteiger partial charge in [0.2, 0.25) is 0 Å². The summed E-state index contributed by atoms with van der Waals surface area (Å²) in [5.74, 6) is 1.80. The zero-order valence-corrected chi connectivity index (χ0v) is 6.64. The summed E-state index contributed by atoms with van der Waals surface area (Å²) in [6, 6.07) is 0. The molecule has 4 nitrogen and oxygen atoms in total. The molecule has 0 aliphatic carbocycles. The Labute approximate surface area is 66.3 Å². The van der Waals surface area contributed by atoms with Crippen molar-refractivity contribution in [3.63, 3.8) is 0 Å². The molecular formula is C7H13N2O2. The minimum Gasteiger partial charge on any atom is -0.377 e. The van der Waals surface area contributed by atoms with Gasteiger partial charge in [-0.3, -0.25) is 0 Å². The second kappa shape index (κ2) is 7.28. The van der Waals surface area contributed by atoms with Gasteiger partial charge >= 0.3 is 0 Å². The van der Waals surface area contributed by atoms with Crippen LogP contribution in [0.25, 0.3) is 0 Å². The smallest absolute Gasteiger partial charge is 0.146 e. The molecular weight excluding hydrogens is 144 g/mol. The van der Waals surface area contributed by atoms with Crippen LogP contribution in [-0.4, -0.2) is 32.2 Å². The zero-order valence-electron chi connectivity index (χ0n) is 6.64. The molecule has 0 unspecified atom stereocenters. The van der Waals surface area contributed by atoms with Crippen molar-refractivity contribution in [3.8, 4) is 0 Å². The third-order valence-electron chi connectivity index (χ3n) is 1.07. The summed E-state index contributed by atoms with van der Waals surface area (Å²) < 4.78 is 0. The highest BCUT2D eigenvalue weighted by atomic mass is 16.2. The molecule has 2 N–H and O–H groups in total. The highest BCUT2D eigenvalue weighted by Gasteiger charge is 2.00. The topological polar surface area (TPSA) is 61.0 Å². The molecule has 0 atom stereocenters. The lowest BCUT2D eigenvalue weighted by molar-refractivity contribution is 0.212. The first-order chi connectivity index (χ1) is 5.35. The van der Waals surface area contributed by atoms with Crippen molar-refractivity contribution < 1.29 is 9.90 Å². The fourth-order valence-corrected chi connectivity index (χ4v) is 0.650. The monoisotopic (exact) mass is 157 g/mol. The van der Waals surface area contributed by atoms with E-state index in [2.05, 4.69) is 10.6 Å². The molecule has 1 saturated heterocycles. The quantitative estimate of drug-likeness (QED) is 0.458. The van der Waals surface area contributed by atoms with E-state index >= 15 is 0 Å². The normalized spacial score (nSPS) is 15.6. The van der Waals surface area contributed by atoms with Gasteiger partial charge in [0.05, 0.1) is 6.61 Å². The first kappa shape index (κ1) is 10.2. The first-order valence-corrected chi connectivity index (χ1v) is 3.61. The lowest BCUT2D eigenvalue weighted by Crippen LogP contribution is -2.38. The van der Waals surface area contributed by atoms with Crippen LogP contribution in [0.2, 0.25) is 0 Å². The van der Waals surface area contributed by atoms with Crippen LogP contribution in [0.5, 0.6) is 0 Å². The van der Waals surface area contributed by atoms with Crippen LogP contribution >= 0.6 is 0 Å². The van der Waals surface area contributed by atoms with Gasteiger partial charge in [-0.15, -0.1) is 0 Å². The van der Waals surface area contributed by atoms with E-state index in [1.54, 1.807) is 12.9 Å². The minimum absolute atomic E-state index is 0. The number of hydrogen-bond acceptors (Lipinski definition) is 3. The van der Waals surface area contributed by atoms with Crippen LogP contribution < -0.4 is 10.6 Å². The fourth-order valence-electron chi connectivity index (χ4n) is 0.650. The summed E-state index contributed by atoms with van der Waals surface area (Å²) in [5.41, 5.74) is 0.635. The highest BCUT2D eigenvalue weighted by molar-refractivity contribution is 5.52. The lowest BCUT2D eigenvalue weighted by Gasteiger charge is -2.13. The summed E-state index contributed by atoms with van der Waals surface area (Å²) in [6.45, 7) is 3.99. The Morgan fingerprint density at radius 1 is 1.55 bits per heavy atom. The van der Waals surface area contributed by atoms with Gasteiger partial charge in [0.25, 0.3) is 0 Å². The number of rotatable bonds is 0. The molecule has 4 heteroatoms. The summed E-state index contributed by atoms with van der Waals surface area (Å²) in [4.78, 5) is 9.90. The molecule has 1 rings (SSSR count). The predicted octanol–water partition coefficient (Wildman–Crippen LogP) is -0.668. The molecule has 1 fully saturated rings. The maximum absolute atomic E-state index is 9.90. The minimum atomic E-state index is 0. The van der Waals surface area contributed by atoms with E-state index in [0.29, 0.717) is 12.2 Å². The van der Waals surface area contributed by atoms with Gasteiger partial charge in [0.15, 0.2) is 0 Å². The summed E-state index contributed by atoms with van der Waals surface area (Å²) in [6.07, 6.45) is 0. The van der Waals surface area contributed by atoms with Gasteiger partial charge in [0.1, 0.15) is 11.6 Å². The number of piperazine rings is 1. The Bertz CT molecular complexity index is 133. The Kier molecular flexibility index (Phi) is 6.73. The van der Waals surface area contributed by atoms with Crippen molar-refractivity contribution >= 4 is 5.94 Å². The van der Waals surface area contributed by atoms with Crippen molar-refractivity contribution in [2.24, 2.45) is 0 Å². The molecule has 1 heterocycles. The van der Waals surface area contributed by atoms with Gasteiger partial charge in [0, 0.05) is 19.6 Å². The van der Waals surface area contributed by atoms with Crippen molar-refractivity contribution in [2.45, 2.75) is 6.92 Å². The van der Waals surface area contributed by atoms with Crippen LogP contribution in [0.15, 0.2) is 5.70 Å². The highest BCUT2D eigenvalue weighted by Crippen LogP contribution is 1.81. The number of nitrogens with one attached hydrogen (secondary N) is 2. The van der Waals surface area contributed by atoms with E-state index in [-0.39, 0.29) is 6.61 Å². The molecule has 0 aromatic carbocycles. The molecule has 0 aromatic heterocycles. The Hall–Kier alpha value is -0.830. The van der Waals surface area contributed by atoms with Crippen LogP contribution in [-0.2, 0) is 9.90 Å². The average molecular weight is 157 g/mol. The van der Waals surface area contributed by atoms with Gasteiger partial charge in [-0.05, 0) is 6.92 Å². The second-order valence-corrected chi connectivity index (χ2v) is 1.97. The summed E-state index contributed by atoms with van der Waals surface area (Å²) >= 11 is 0. The Morgan fingerprint density at radius 2 is 2.18 bits per heavy atom. The van der Waals surface area contributed by atoms with Gasteiger partial charge < -0.3 is 10.6 Å². The van der Waals surface area contributed by atoms with Crippen LogP contribution in [0.1, 0.15) is 6.92 Å². The molecule has 11 heavy (non-hydrogen) atoms. The average Bonchev–Trinajstić information content (AvgIpc) is 2.08. The largest absolute Gasteiger partial charge is 0.377 e. The Morgan fingerprint density at radius 3 is 2.45 bits per heavy atom. The second-order valence-electron chi connectivity index (χ2n) is 1.97. The third-order valence-corrected chi connectivity index (χ3v) is 1.07. The maximum Gasteiger partial charge on any atom is 0.146 e. The van der Waals surface area contributed by atoms with Crippen molar-refractivity contribution in [1.82, 2.24) is 10.6 Å². The standard InChI is InChI=1S/C5H8N2O.C2H5O/c8-4-5-3-6-1-2-7-5;1-2-3/h6-7H,1-3H2;2H2,1H3. The summed E-state index contributed by atoms with van der Waals surface area (Å²) in [7, 11) is 0. The van der Waals surface area contributed by atoms with E-state index in [9.17, 15) is 4.79 Å². The van der Waals surface area contributed by atoms with Gasteiger partial charge in [-0.1, -0.05) is 0 Å². The fraction of sp³-hybridized carbons (Fsp3) is 0.714. The molecule has 0 spiro atoms. The van der Waals surface area contributed by atoms with Crippen LogP contribution in [0.3, 0.4) is 0 Å². The molecule has 0 amide bonds. The van der Waals surface area contributed by atoms with E-state index in [0.717, 1.165) is 13.1 Å². The molecule has 0 saturated carbocycles. The molecule has 1 radical (unpaired) electrons. The Balaban J connectivity index is 0.000000292. The van der Waals surface area contributed by atoms with Crippen LogP contribution in [0, 0.1) is 0 Å². The maximum atomic E-state index is 9.90. The van der Waals surface area contributed by atoms with E-state index < -0.39 is 0 Å². The van der Waals surface area contributed by atoms with Crippen molar-refractivity contribution in [2.75, 3.05) is 26.2 Å². The molecule has 0 bridgehead atoms. The third kappa shape index (κ3) is 5.61. The SMILES string of the molecule is CC[O].O=C=C1CNCCN1. The first-order valence-electron chi connectivity index (χ1n) is 3.61. The van der Waals surface area contributed by atoms with E-state index in [1.165, 1.54) is 0 Å². The van der Waals surface area contributed by atoms with E-state index in [4.69, 9.17) is 5.11 Å². The van der Waals surface area contributed by atoms with Gasteiger partial charge in [-0.25, -0.2) is 9.90 Å². The molecule has 1 aliphatic heterocycles. The molecule has 63 valence electrons. The van der Waals surface area contributed by atoms with E-state index in [1.807, 2.05) is 0 Å². The van der Waals surface area contributed by atoms with Crippen molar-refractivity contribution in [1.29, 1.82) is 0 Å². The lowest BCUT2D eigenvalue weighted by atomic mass is 10.4. The zero-order chi connectivity index (χ0) is 8.53.